The van der Waals surface area contributed by atoms with Crippen molar-refractivity contribution in [2.24, 2.45) is 0 Å². The molecule has 198 valence electrons. The molecule has 0 saturated carbocycles. The highest BCUT2D eigenvalue weighted by atomic mass is 16.4. The van der Waals surface area contributed by atoms with Crippen molar-refractivity contribution in [1.29, 1.82) is 0 Å². The van der Waals surface area contributed by atoms with Gasteiger partial charge in [0.05, 0.1) is 18.3 Å². The topological polar surface area (TPSA) is 142 Å². The summed E-state index contributed by atoms with van der Waals surface area (Å²) in [7, 11) is -1.77. The minimum absolute atomic E-state index is 0.0344. The van der Waals surface area contributed by atoms with Crippen LogP contribution in [-0.2, 0) is 11.2 Å². The zero-order valence-corrected chi connectivity index (χ0v) is 21.3. The second-order valence-electron chi connectivity index (χ2n) is 9.68. The largest absolute Gasteiger partial charge is 0.475 e. The second-order valence-corrected chi connectivity index (χ2v) is 9.68. The van der Waals surface area contributed by atoms with Gasteiger partial charge in [-0.25, -0.2) is 4.98 Å². The number of hydrogen-bond acceptors (Lipinski definition) is 7. The van der Waals surface area contributed by atoms with E-state index in [1.807, 2.05) is 30.3 Å². The van der Waals surface area contributed by atoms with Crippen molar-refractivity contribution < 1.29 is 24.4 Å². The van der Waals surface area contributed by atoms with Gasteiger partial charge in [0.25, 0.3) is 5.91 Å². The number of benzene rings is 1. The minimum atomic E-state index is -1.77. The molecule has 2 aromatic rings. The summed E-state index contributed by atoms with van der Waals surface area (Å²) in [6, 6.07) is 8.31. The van der Waals surface area contributed by atoms with Crippen molar-refractivity contribution in [1.82, 2.24) is 20.6 Å². The first-order valence-electron chi connectivity index (χ1n) is 13.3. The van der Waals surface area contributed by atoms with Crippen molar-refractivity contribution in [3.8, 4) is 0 Å². The lowest BCUT2D eigenvalue weighted by molar-refractivity contribution is -0.123. The molecule has 0 radical (unpaired) electrons. The van der Waals surface area contributed by atoms with Crippen LogP contribution in [0.1, 0.15) is 97.2 Å². The van der Waals surface area contributed by atoms with E-state index in [2.05, 4.69) is 20.6 Å². The minimum Gasteiger partial charge on any atom is -0.426 e. The molecule has 0 aliphatic carbocycles. The Morgan fingerprint density at radius 1 is 0.946 bits per heavy atom. The molecular formula is C27H37BN4O5. The molecule has 1 aromatic heterocycles. The average Bonchev–Trinajstić information content (AvgIpc) is 2.90. The van der Waals surface area contributed by atoms with Gasteiger partial charge < -0.3 is 20.7 Å². The Morgan fingerprint density at radius 3 is 2.24 bits per heavy atom. The Kier molecular flexibility index (Phi) is 11.7. The molecule has 1 aliphatic rings. The zero-order valence-electron chi connectivity index (χ0n) is 21.3. The van der Waals surface area contributed by atoms with Gasteiger partial charge in [0.1, 0.15) is 17.4 Å². The summed E-state index contributed by atoms with van der Waals surface area (Å²) in [5.41, 5.74) is 0.945. The highest BCUT2D eigenvalue weighted by Crippen LogP contribution is 2.14. The maximum atomic E-state index is 13.2. The van der Waals surface area contributed by atoms with Gasteiger partial charge in [0.2, 0.25) is 5.91 Å². The van der Waals surface area contributed by atoms with Gasteiger partial charge in [-0.2, -0.15) is 0 Å². The number of carbonyl (C=O) groups excluding carboxylic acids is 3. The third kappa shape index (κ3) is 9.70. The maximum Gasteiger partial charge on any atom is 0.475 e. The number of rotatable bonds is 5. The van der Waals surface area contributed by atoms with Crippen LogP contribution in [0.25, 0.3) is 0 Å². The van der Waals surface area contributed by atoms with Crippen LogP contribution >= 0.6 is 0 Å². The number of amides is 2. The summed E-state index contributed by atoms with van der Waals surface area (Å²) in [6.07, 6.45) is 12.5. The summed E-state index contributed by atoms with van der Waals surface area (Å²) >= 11 is 0. The van der Waals surface area contributed by atoms with E-state index in [1.165, 1.54) is 12.4 Å². The summed E-state index contributed by atoms with van der Waals surface area (Å²) in [6.45, 7) is 0. The molecule has 1 aromatic carbocycles. The van der Waals surface area contributed by atoms with Crippen LogP contribution in [0.3, 0.4) is 0 Å². The molecule has 2 unspecified atom stereocenters. The lowest BCUT2D eigenvalue weighted by atomic mass is 9.75. The molecule has 1 aliphatic heterocycles. The molecule has 2 heterocycles. The molecule has 37 heavy (non-hydrogen) atoms. The van der Waals surface area contributed by atoms with Crippen molar-refractivity contribution in [3.63, 3.8) is 0 Å². The third-order valence-electron chi connectivity index (χ3n) is 6.66. The van der Waals surface area contributed by atoms with Crippen LogP contribution in [0.4, 0.5) is 0 Å². The number of nitrogens with one attached hydrogen (secondary N) is 2. The third-order valence-corrected chi connectivity index (χ3v) is 6.66. The molecule has 2 amide bonds. The van der Waals surface area contributed by atoms with Crippen LogP contribution in [0.5, 0.6) is 0 Å². The first-order valence-corrected chi connectivity index (χ1v) is 13.3. The first kappa shape index (κ1) is 28.5. The van der Waals surface area contributed by atoms with Crippen LogP contribution < -0.4 is 10.6 Å². The smallest absolute Gasteiger partial charge is 0.426 e. The van der Waals surface area contributed by atoms with Gasteiger partial charge in [-0.05, 0) is 24.8 Å². The molecule has 2 bridgehead atoms. The standard InChI is InChI=1S/C27H37BN4O5/c33-24-16-12-7-5-3-1-2-4-6-11-15-21(31-27(35)23-19-29-18-22(24)30-23)26(34)32-25(28(36)37)17-20-13-9-8-10-14-20/h8-10,13-14,18-19,21,25,36-37H,1-7,11-12,15-17H2,(H,31,35)(H,32,34). The molecule has 4 N–H and O–H groups in total. The Balaban J connectivity index is 1.74. The molecule has 10 heteroatoms. The maximum absolute atomic E-state index is 13.2. The monoisotopic (exact) mass is 508 g/mol. The summed E-state index contributed by atoms with van der Waals surface area (Å²) in [5, 5.41) is 25.2. The summed E-state index contributed by atoms with van der Waals surface area (Å²) in [4.78, 5) is 47.0. The molecule has 0 spiro atoms. The second kappa shape index (κ2) is 15.2. The fraction of sp³-hybridized carbons (Fsp3) is 0.519. The summed E-state index contributed by atoms with van der Waals surface area (Å²) < 4.78 is 0. The zero-order chi connectivity index (χ0) is 26.5. The molecule has 2 atom stereocenters. The first-order chi connectivity index (χ1) is 17.9. The van der Waals surface area contributed by atoms with Crippen LogP contribution in [-0.4, -0.2) is 56.7 Å². The van der Waals surface area contributed by atoms with Gasteiger partial charge in [-0.1, -0.05) is 81.7 Å². The number of ketones is 1. The molecule has 0 saturated heterocycles. The van der Waals surface area contributed by atoms with Crippen molar-refractivity contribution in [2.75, 3.05) is 0 Å². The fourth-order valence-corrected chi connectivity index (χ4v) is 4.49. The lowest BCUT2D eigenvalue weighted by Gasteiger charge is -2.23. The number of nitrogens with zero attached hydrogens (tertiary/aromatic N) is 2. The van der Waals surface area contributed by atoms with E-state index in [1.54, 1.807) is 0 Å². The van der Waals surface area contributed by atoms with Crippen molar-refractivity contribution in [3.05, 3.63) is 59.7 Å². The van der Waals surface area contributed by atoms with E-state index in [9.17, 15) is 24.4 Å². The Bertz CT molecular complexity index is 1020. The number of fused-ring (bicyclic) bond motifs is 2. The van der Waals surface area contributed by atoms with E-state index in [4.69, 9.17) is 0 Å². The van der Waals surface area contributed by atoms with Gasteiger partial charge in [-0.3, -0.25) is 19.4 Å². The van der Waals surface area contributed by atoms with Gasteiger partial charge >= 0.3 is 7.12 Å². The van der Waals surface area contributed by atoms with E-state index in [0.29, 0.717) is 12.8 Å². The number of Topliss-reactive ketones (excluding diaryl/α,β-unsaturated/α-hetero) is 1. The van der Waals surface area contributed by atoms with Crippen molar-refractivity contribution in [2.45, 2.75) is 89.0 Å². The average molecular weight is 508 g/mol. The Labute approximate surface area is 218 Å². The molecular weight excluding hydrogens is 471 g/mol. The van der Waals surface area contributed by atoms with Gasteiger partial charge in [-0.15, -0.1) is 0 Å². The quantitative estimate of drug-likeness (QED) is 0.455. The predicted octanol–water partition coefficient (Wildman–Crippen LogP) is 2.80. The van der Waals surface area contributed by atoms with Crippen LogP contribution in [0.15, 0.2) is 42.7 Å². The Morgan fingerprint density at radius 2 is 1.57 bits per heavy atom. The Hall–Kier alpha value is -3.11. The number of carbonyl (C=O) groups is 3. The van der Waals surface area contributed by atoms with Crippen LogP contribution in [0.2, 0.25) is 0 Å². The van der Waals surface area contributed by atoms with E-state index < -0.39 is 30.9 Å². The lowest BCUT2D eigenvalue weighted by Crippen LogP contribution is -2.54. The van der Waals surface area contributed by atoms with Gasteiger partial charge in [0.15, 0.2) is 5.78 Å². The molecule has 9 nitrogen and oxygen atoms in total. The van der Waals surface area contributed by atoms with E-state index in [0.717, 1.165) is 63.4 Å². The van der Waals surface area contributed by atoms with Crippen LogP contribution in [0, 0.1) is 0 Å². The molecule has 0 fully saturated rings. The van der Waals surface area contributed by atoms with E-state index >= 15 is 0 Å². The van der Waals surface area contributed by atoms with Gasteiger partial charge in [0, 0.05) is 6.42 Å². The summed E-state index contributed by atoms with van der Waals surface area (Å²) in [5.74, 6) is -2.21. The van der Waals surface area contributed by atoms with Crippen molar-refractivity contribution >= 4 is 24.7 Å². The molecule has 3 rings (SSSR count). The fourth-order valence-electron chi connectivity index (χ4n) is 4.49. The highest BCUT2D eigenvalue weighted by Gasteiger charge is 2.30. The predicted molar refractivity (Wildman–Crippen MR) is 141 cm³/mol. The highest BCUT2D eigenvalue weighted by molar-refractivity contribution is 6.43. The SMILES string of the molecule is O=C1CCCCCCCCCCCC(C(=O)NC(Cc2ccccc2)B(O)O)NC(=O)c2cncc1n2. The number of hydrogen-bond donors (Lipinski definition) is 4. The van der Waals surface area contributed by atoms with E-state index in [-0.39, 0.29) is 23.6 Å². The number of aromatic nitrogens is 2. The normalized spacial score (nSPS) is 19.1.